The van der Waals surface area contributed by atoms with E-state index in [4.69, 9.17) is 23.2 Å². The summed E-state index contributed by atoms with van der Waals surface area (Å²) in [6, 6.07) is 15.5. The van der Waals surface area contributed by atoms with Crippen LogP contribution in [0, 0.1) is 13.8 Å². The molecule has 0 radical (unpaired) electrons. The van der Waals surface area contributed by atoms with Crippen LogP contribution in [-0.4, -0.2) is 21.4 Å². The van der Waals surface area contributed by atoms with Crippen LogP contribution in [0.4, 0.5) is 0 Å². The van der Waals surface area contributed by atoms with Crippen LogP contribution in [0.15, 0.2) is 53.4 Å². The van der Waals surface area contributed by atoms with Crippen molar-refractivity contribution >= 4 is 40.9 Å². The van der Waals surface area contributed by atoms with E-state index in [1.165, 1.54) is 17.3 Å². The van der Waals surface area contributed by atoms with E-state index in [1.807, 2.05) is 36.7 Å². The Bertz CT molecular complexity index is 953. The first-order valence-electron chi connectivity index (χ1n) is 8.86. The standard InChI is InChI=1S/C21H21Cl2N3OS/c1-14-17(15(2)26(25-14)12-16-7-4-3-5-8-16)11-24-20(27)13-28-21-18(22)9-6-10-19(21)23/h3-10H,11-13H2,1-2H3,(H,24,27). The van der Waals surface area contributed by atoms with Crippen LogP contribution in [-0.2, 0) is 17.9 Å². The summed E-state index contributed by atoms with van der Waals surface area (Å²) in [4.78, 5) is 13.0. The van der Waals surface area contributed by atoms with Gasteiger partial charge < -0.3 is 5.32 Å². The molecule has 28 heavy (non-hydrogen) atoms. The number of nitrogens with zero attached hydrogens (tertiary/aromatic N) is 2. The van der Waals surface area contributed by atoms with Crippen molar-refractivity contribution in [1.29, 1.82) is 0 Å². The SMILES string of the molecule is Cc1nn(Cc2ccccc2)c(C)c1CNC(=O)CSc1c(Cl)cccc1Cl. The van der Waals surface area contributed by atoms with Crippen molar-refractivity contribution in [3.05, 3.63) is 81.1 Å². The summed E-state index contributed by atoms with van der Waals surface area (Å²) in [7, 11) is 0. The third-order valence-corrected chi connectivity index (χ3v) is 6.42. The molecule has 0 bridgehead atoms. The molecule has 3 aromatic rings. The Morgan fingerprint density at radius 1 is 1.07 bits per heavy atom. The van der Waals surface area contributed by atoms with Crippen molar-refractivity contribution in [2.24, 2.45) is 0 Å². The van der Waals surface area contributed by atoms with Crippen molar-refractivity contribution in [3.8, 4) is 0 Å². The highest BCUT2D eigenvalue weighted by Gasteiger charge is 2.14. The van der Waals surface area contributed by atoms with Crippen LogP contribution in [0.5, 0.6) is 0 Å². The second-order valence-electron chi connectivity index (χ2n) is 6.41. The third-order valence-electron chi connectivity index (χ3n) is 4.44. The molecule has 7 heteroatoms. The van der Waals surface area contributed by atoms with Crippen LogP contribution < -0.4 is 5.32 Å². The molecular weight excluding hydrogens is 413 g/mol. The summed E-state index contributed by atoms with van der Waals surface area (Å²) in [5.41, 5.74) is 4.22. The molecule has 2 aromatic carbocycles. The molecule has 1 aromatic heterocycles. The minimum Gasteiger partial charge on any atom is -0.351 e. The van der Waals surface area contributed by atoms with Crippen LogP contribution in [0.25, 0.3) is 0 Å². The first kappa shape index (κ1) is 20.8. The fraction of sp³-hybridized carbons (Fsp3) is 0.238. The quantitative estimate of drug-likeness (QED) is 0.516. The number of aromatic nitrogens is 2. The zero-order valence-corrected chi connectivity index (χ0v) is 18.0. The highest BCUT2D eigenvalue weighted by molar-refractivity contribution is 8.00. The molecule has 1 amide bonds. The van der Waals surface area contributed by atoms with E-state index in [0.29, 0.717) is 23.1 Å². The summed E-state index contributed by atoms with van der Waals surface area (Å²) < 4.78 is 1.98. The van der Waals surface area contributed by atoms with E-state index in [9.17, 15) is 4.79 Å². The zero-order chi connectivity index (χ0) is 20.1. The highest BCUT2D eigenvalue weighted by atomic mass is 35.5. The summed E-state index contributed by atoms with van der Waals surface area (Å²) in [5.74, 6) is 0.176. The van der Waals surface area contributed by atoms with Gasteiger partial charge in [0, 0.05) is 22.7 Å². The number of amides is 1. The number of benzene rings is 2. The lowest BCUT2D eigenvalue weighted by atomic mass is 10.2. The Hall–Kier alpha value is -1.95. The monoisotopic (exact) mass is 433 g/mol. The van der Waals surface area contributed by atoms with Gasteiger partial charge >= 0.3 is 0 Å². The van der Waals surface area contributed by atoms with Gasteiger partial charge in [0.15, 0.2) is 0 Å². The summed E-state index contributed by atoms with van der Waals surface area (Å²) >= 11 is 13.6. The van der Waals surface area contributed by atoms with Crippen LogP contribution >= 0.6 is 35.0 Å². The fourth-order valence-electron chi connectivity index (χ4n) is 2.90. The summed E-state index contributed by atoms with van der Waals surface area (Å²) in [6.07, 6.45) is 0. The van der Waals surface area contributed by atoms with E-state index in [-0.39, 0.29) is 11.7 Å². The Morgan fingerprint density at radius 3 is 2.43 bits per heavy atom. The van der Waals surface area contributed by atoms with Crippen LogP contribution in [0.2, 0.25) is 10.0 Å². The largest absolute Gasteiger partial charge is 0.351 e. The zero-order valence-electron chi connectivity index (χ0n) is 15.7. The van der Waals surface area contributed by atoms with Gasteiger partial charge in [0.1, 0.15) is 0 Å². The van der Waals surface area contributed by atoms with Crippen LogP contribution in [0.1, 0.15) is 22.5 Å². The molecule has 0 saturated carbocycles. The van der Waals surface area contributed by atoms with E-state index in [1.54, 1.807) is 18.2 Å². The molecule has 0 fully saturated rings. The van der Waals surface area contributed by atoms with Gasteiger partial charge in [0.2, 0.25) is 5.91 Å². The number of rotatable bonds is 7. The predicted octanol–water partition coefficient (Wildman–Crippen LogP) is 5.26. The second-order valence-corrected chi connectivity index (χ2v) is 8.21. The van der Waals surface area contributed by atoms with E-state index < -0.39 is 0 Å². The molecule has 1 heterocycles. The molecule has 0 unspecified atom stereocenters. The molecule has 0 aliphatic carbocycles. The average Bonchev–Trinajstić information content (AvgIpc) is 2.93. The van der Waals surface area contributed by atoms with Gasteiger partial charge in [-0.3, -0.25) is 9.48 Å². The number of nitrogens with one attached hydrogen (secondary N) is 1. The lowest BCUT2D eigenvalue weighted by Gasteiger charge is -2.09. The summed E-state index contributed by atoms with van der Waals surface area (Å²) in [5, 5.41) is 8.70. The molecule has 0 aliphatic heterocycles. The van der Waals surface area contributed by atoms with Crippen LogP contribution in [0.3, 0.4) is 0 Å². The van der Waals surface area contributed by atoms with Gasteiger partial charge in [-0.05, 0) is 31.5 Å². The lowest BCUT2D eigenvalue weighted by Crippen LogP contribution is -2.25. The number of carbonyl (C=O) groups excluding carboxylic acids is 1. The molecule has 3 rings (SSSR count). The Balaban J connectivity index is 1.59. The molecule has 0 saturated heterocycles. The van der Waals surface area contributed by atoms with E-state index in [2.05, 4.69) is 22.5 Å². The van der Waals surface area contributed by atoms with Crippen molar-refractivity contribution < 1.29 is 4.79 Å². The number of carbonyl (C=O) groups is 1. The highest BCUT2D eigenvalue weighted by Crippen LogP contribution is 2.33. The van der Waals surface area contributed by atoms with Gasteiger partial charge in [-0.2, -0.15) is 5.10 Å². The van der Waals surface area contributed by atoms with Crippen molar-refractivity contribution in [3.63, 3.8) is 0 Å². The molecule has 1 N–H and O–H groups in total. The Labute approximate surface area is 179 Å². The molecule has 4 nitrogen and oxygen atoms in total. The van der Waals surface area contributed by atoms with Gasteiger partial charge in [-0.1, -0.05) is 59.6 Å². The number of halogens is 2. The predicted molar refractivity (Wildman–Crippen MR) is 116 cm³/mol. The van der Waals surface area contributed by atoms with Gasteiger partial charge in [0.05, 0.1) is 28.0 Å². The first-order valence-corrected chi connectivity index (χ1v) is 10.6. The number of aryl methyl sites for hydroxylation is 1. The Kier molecular flexibility index (Phi) is 7.05. The van der Waals surface area contributed by atoms with Gasteiger partial charge in [-0.25, -0.2) is 0 Å². The van der Waals surface area contributed by atoms with E-state index in [0.717, 1.165) is 21.8 Å². The van der Waals surface area contributed by atoms with E-state index >= 15 is 0 Å². The maximum Gasteiger partial charge on any atom is 0.230 e. The van der Waals surface area contributed by atoms with Crippen molar-refractivity contribution in [2.45, 2.75) is 31.8 Å². The molecule has 146 valence electrons. The molecular formula is C21H21Cl2N3OS. The summed E-state index contributed by atoms with van der Waals surface area (Å²) in [6.45, 7) is 5.15. The third kappa shape index (κ3) is 5.10. The minimum absolute atomic E-state index is 0.0735. The number of hydrogen-bond donors (Lipinski definition) is 1. The van der Waals surface area contributed by atoms with Crippen molar-refractivity contribution in [2.75, 3.05) is 5.75 Å². The van der Waals surface area contributed by atoms with Crippen molar-refractivity contribution in [1.82, 2.24) is 15.1 Å². The lowest BCUT2D eigenvalue weighted by molar-refractivity contribution is -0.118. The second kappa shape index (κ2) is 9.50. The minimum atomic E-state index is -0.0735. The smallest absolute Gasteiger partial charge is 0.230 e. The first-order chi connectivity index (χ1) is 13.5. The number of thioether (sulfide) groups is 1. The van der Waals surface area contributed by atoms with Gasteiger partial charge in [0.25, 0.3) is 0 Å². The number of hydrogen-bond acceptors (Lipinski definition) is 3. The van der Waals surface area contributed by atoms with Gasteiger partial charge in [-0.15, -0.1) is 11.8 Å². The molecule has 0 atom stereocenters. The average molecular weight is 434 g/mol. The molecule has 0 spiro atoms. The topological polar surface area (TPSA) is 46.9 Å². The normalized spacial score (nSPS) is 10.9. The Morgan fingerprint density at radius 2 is 1.75 bits per heavy atom. The molecule has 0 aliphatic rings. The maximum absolute atomic E-state index is 12.3. The fourth-order valence-corrected chi connectivity index (χ4v) is 4.41. The maximum atomic E-state index is 12.3.